The lowest BCUT2D eigenvalue weighted by molar-refractivity contribution is 0.555. The van der Waals surface area contributed by atoms with Crippen molar-refractivity contribution < 1.29 is 0 Å². The van der Waals surface area contributed by atoms with Crippen LogP contribution in [0, 0.1) is 20.8 Å². The fraction of sp³-hybridized carbons (Fsp3) is 0.562. The van der Waals surface area contributed by atoms with Crippen molar-refractivity contribution >= 4 is 17.3 Å². The van der Waals surface area contributed by atoms with Gasteiger partial charge in [-0.3, -0.25) is 9.67 Å². The van der Waals surface area contributed by atoms with Gasteiger partial charge in [-0.2, -0.15) is 5.10 Å². The van der Waals surface area contributed by atoms with Gasteiger partial charge in [-0.05, 0) is 33.3 Å². The highest BCUT2D eigenvalue weighted by molar-refractivity contribution is 7.11. The Kier molecular flexibility index (Phi) is 6.58. The van der Waals surface area contributed by atoms with Crippen LogP contribution in [0.4, 0.5) is 0 Å². The standard InChI is InChI=1S/C16H26N6S/c1-12-10-13(2)22(21-12)9-5-7-18-16(17-4)19-8-6-15-20-11-14(3)23-15/h10-11H,5-9H2,1-4H3,(H2,17,18,19). The lowest BCUT2D eigenvalue weighted by Gasteiger charge is -2.11. The van der Waals surface area contributed by atoms with Crippen molar-refractivity contribution in [1.29, 1.82) is 0 Å². The van der Waals surface area contributed by atoms with Gasteiger partial charge < -0.3 is 10.6 Å². The molecule has 2 aromatic rings. The van der Waals surface area contributed by atoms with Crippen molar-refractivity contribution in [3.05, 3.63) is 33.5 Å². The van der Waals surface area contributed by atoms with E-state index in [0.29, 0.717) is 0 Å². The van der Waals surface area contributed by atoms with Crippen LogP contribution in [0.25, 0.3) is 0 Å². The molecule has 2 rings (SSSR count). The van der Waals surface area contributed by atoms with Crippen LogP contribution in [0.15, 0.2) is 17.3 Å². The van der Waals surface area contributed by atoms with Gasteiger partial charge in [-0.25, -0.2) is 4.98 Å². The first-order valence-electron chi connectivity index (χ1n) is 7.95. The van der Waals surface area contributed by atoms with Gasteiger partial charge in [0.25, 0.3) is 0 Å². The van der Waals surface area contributed by atoms with Gasteiger partial charge in [-0.1, -0.05) is 0 Å². The molecule has 126 valence electrons. The third kappa shape index (κ3) is 5.67. The zero-order valence-corrected chi connectivity index (χ0v) is 15.2. The first-order valence-corrected chi connectivity index (χ1v) is 8.77. The van der Waals surface area contributed by atoms with E-state index >= 15 is 0 Å². The van der Waals surface area contributed by atoms with Crippen LogP contribution in [0.3, 0.4) is 0 Å². The maximum atomic E-state index is 4.47. The molecule has 0 spiro atoms. The highest BCUT2D eigenvalue weighted by Gasteiger charge is 2.02. The largest absolute Gasteiger partial charge is 0.356 e. The van der Waals surface area contributed by atoms with Crippen LogP contribution in [0.2, 0.25) is 0 Å². The molecule has 2 heterocycles. The van der Waals surface area contributed by atoms with Crippen molar-refractivity contribution in [2.24, 2.45) is 4.99 Å². The molecule has 0 aromatic carbocycles. The Bertz CT molecular complexity index is 643. The second-order valence-electron chi connectivity index (χ2n) is 5.54. The summed E-state index contributed by atoms with van der Waals surface area (Å²) in [5.41, 5.74) is 2.29. The van der Waals surface area contributed by atoms with Gasteiger partial charge in [0.1, 0.15) is 0 Å². The Labute approximate surface area is 142 Å². The number of hydrogen-bond donors (Lipinski definition) is 2. The molecule has 2 aromatic heterocycles. The number of rotatable bonds is 7. The average Bonchev–Trinajstić information content (AvgIpc) is 3.07. The Morgan fingerprint density at radius 3 is 2.65 bits per heavy atom. The van der Waals surface area contributed by atoms with E-state index in [-0.39, 0.29) is 0 Å². The summed E-state index contributed by atoms with van der Waals surface area (Å²) >= 11 is 1.75. The molecule has 0 unspecified atom stereocenters. The third-order valence-corrected chi connectivity index (χ3v) is 4.44. The Morgan fingerprint density at radius 2 is 2.04 bits per heavy atom. The molecule has 0 bridgehead atoms. The third-order valence-electron chi connectivity index (χ3n) is 3.47. The van der Waals surface area contributed by atoms with Crippen molar-refractivity contribution in [2.75, 3.05) is 20.1 Å². The molecule has 0 atom stereocenters. The average molecular weight is 334 g/mol. The summed E-state index contributed by atoms with van der Waals surface area (Å²) in [5.74, 6) is 0.839. The molecule has 6 nitrogen and oxygen atoms in total. The van der Waals surface area contributed by atoms with Crippen LogP contribution in [0.1, 0.15) is 27.7 Å². The number of nitrogens with zero attached hydrogens (tertiary/aromatic N) is 4. The molecule has 0 aliphatic rings. The summed E-state index contributed by atoms with van der Waals surface area (Å²) in [6, 6.07) is 2.11. The van der Waals surface area contributed by atoms with Crippen molar-refractivity contribution in [1.82, 2.24) is 25.4 Å². The normalized spacial score (nSPS) is 11.7. The minimum Gasteiger partial charge on any atom is -0.356 e. The molecule has 0 saturated carbocycles. The molecule has 0 saturated heterocycles. The Hall–Kier alpha value is -1.89. The van der Waals surface area contributed by atoms with E-state index in [4.69, 9.17) is 0 Å². The smallest absolute Gasteiger partial charge is 0.190 e. The van der Waals surface area contributed by atoms with Gasteiger partial charge in [0.15, 0.2) is 5.96 Å². The lowest BCUT2D eigenvalue weighted by Crippen LogP contribution is -2.39. The Morgan fingerprint density at radius 1 is 1.26 bits per heavy atom. The summed E-state index contributed by atoms with van der Waals surface area (Å²) in [4.78, 5) is 9.87. The lowest BCUT2D eigenvalue weighted by atomic mass is 10.4. The molecule has 7 heteroatoms. The molecule has 2 N–H and O–H groups in total. The summed E-state index contributed by atoms with van der Waals surface area (Å²) < 4.78 is 2.05. The van der Waals surface area contributed by atoms with Gasteiger partial charge >= 0.3 is 0 Å². The van der Waals surface area contributed by atoms with Crippen LogP contribution >= 0.6 is 11.3 Å². The van der Waals surface area contributed by atoms with E-state index in [0.717, 1.165) is 49.1 Å². The first-order chi connectivity index (χ1) is 11.1. The van der Waals surface area contributed by atoms with E-state index in [2.05, 4.69) is 50.3 Å². The zero-order valence-electron chi connectivity index (χ0n) is 14.4. The van der Waals surface area contributed by atoms with Crippen LogP contribution in [-0.4, -0.2) is 40.9 Å². The number of aryl methyl sites for hydroxylation is 4. The number of guanidine groups is 1. The summed E-state index contributed by atoms with van der Waals surface area (Å²) in [7, 11) is 1.80. The Balaban J connectivity index is 1.64. The second-order valence-corrected chi connectivity index (χ2v) is 6.86. The highest BCUT2D eigenvalue weighted by atomic mass is 32.1. The molecule has 0 amide bonds. The SMILES string of the molecule is CN=C(NCCCn1nc(C)cc1C)NCCc1ncc(C)s1. The maximum Gasteiger partial charge on any atom is 0.190 e. The predicted octanol–water partition coefficient (Wildman–Crippen LogP) is 2.06. The molecule has 23 heavy (non-hydrogen) atoms. The number of nitrogens with one attached hydrogen (secondary N) is 2. The predicted molar refractivity (Wildman–Crippen MR) is 96.2 cm³/mol. The molecular formula is C16H26N6S. The van der Waals surface area contributed by atoms with Gasteiger partial charge in [0, 0.05) is 49.9 Å². The van der Waals surface area contributed by atoms with E-state index in [1.54, 1.807) is 18.4 Å². The topological polar surface area (TPSA) is 67.1 Å². The molecule has 0 aliphatic heterocycles. The fourth-order valence-electron chi connectivity index (χ4n) is 2.36. The van der Waals surface area contributed by atoms with E-state index in [9.17, 15) is 0 Å². The highest BCUT2D eigenvalue weighted by Crippen LogP contribution is 2.10. The number of hydrogen-bond acceptors (Lipinski definition) is 4. The number of thiazole rings is 1. The summed E-state index contributed by atoms with van der Waals surface area (Å²) in [5, 5.41) is 12.3. The van der Waals surface area contributed by atoms with Crippen molar-refractivity contribution in [3.8, 4) is 0 Å². The molecular weight excluding hydrogens is 308 g/mol. The minimum absolute atomic E-state index is 0.837. The van der Waals surface area contributed by atoms with Gasteiger partial charge in [-0.15, -0.1) is 11.3 Å². The first kappa shape index (κ1) is 17.5. The fourth-order valence-corrected chi connectivity index (χ4v) is 3.15. The summed E-state index contributed by atoms with van der Waals surface area (Å²) in [6.07, 6.45) is 3.85. The van der Waals surface area contributed by atoms with E-state index < -0.39 is 0 Å². The number of aliphatic imine (C=N–C) groups is 1. The molecule has 0 radical (unpaired) electrons. The van der Waals surface area contributed by atoms with Crippen molar-refractivity contribution in [2.45, 2.75) is 40.2 Å². The maximum absolute atomic E-state index is 4.47. The second kappa shape index (κ2) is 8.67. The summed E-state index contributed by atoms with van der Waals surface area (Å²) in [6.45, 7) is 8.82. The van der Waals surface area contributed by atoms with E-state index in [1.807, 2.05) is 13.1 Å². The molecule has 0 aliphatic carbocycles. The van der Waals surface area contributed by atoms with Crippen LogP contribution in [0.5, 0.6) is 0 Å². The van der Waals surface area contributed by atoms with Crippen molar-refractivity contribution in [3.63, 3.8) is 0 Å². The monoisotopic (exact) mass is 334 g/mol. The minimum atomic E-state index is 0.837. The van der Waals surface area contributed by atoms with Gasteiger partial charge in [0.05, 0.1) is 10.7 Å². The van der Waals surface area contributed by atoms with Gasteiger partial charge in [0.2, 0.25) is 0 Å². The zero-order chi connectivity index (χ0) is 16.7. The van der Waals surface area contributed by atoms with Crippen LogP contribution in [-0.2, 0) is 13.0 Å². The van der Waals surface area contributed by atoms with Crippen LogP contribution < -0.4 is 10.6 Å². The molecule has 0 fully saturated rings. The van der Waals surface area contributed by atoms with E-state index in [1.165, 1.54) is 10.6 Å². The number of aromatic nitrogens is 3. The quantitative estimate of drug-likeness (QED) is 0.462.